The summed E-state index contributed by atoms with van der Waals surface area (Å²) in [7, 11) is 0. The molecule has 0 radical (unpaired) electrons. The number of amidine groups is 1. The zero-order valence-corrected chi connectivity index (χ0v) is 6.54. The molecule has 62 valence electrons. The molecule has 2 heterocycles. The number of carbonyl (C=O) groups is 1. The summed E-state index contributed by atoms with van der Waals surface area (Å²) in [5, 5.41) is 2.33. The predicted octanol–water partition coefficient (Wildman–Crippen LogP) is -1.19. The summed E-state index contributed by atoms with van der Waals surface area (Å²) in [6, 6.07) is 0. The molecule has 2 aliphatic rings. The fraction of sp³-hybridized carbons (Fsp3) is 0.200. The predicted molar refractivity (Wildman–Crippen MR) is 44.3 cm³/mol. The Bertz CT molecular complexity index is 344. The average molecular weight is 186 g/mol. The van der Waals surface area contributed by atoms with E-state index in [0.717, 1.165) is 0 Å². The second kappa shape index (κ2) is 2.28. The quantitative estimate of drug-likeness (QED) is 0.465. The molecule has 0 fully saturated rings. The monoisotopic (exact) mass is 185 g/mol. The maximum atomic E-state index is 11.1. The summed E-state index contributed by atoms with van der Waals surface area (Å²) >= 11 is 5.47. The standard InChI is InChI=1S/C5H4ClN5O/c6-4-8-1-2(9-4)10-5(7)11-3(1)12/h2H,(H3,7,10,11,12). The molecule has 1 atom stereocenters. The van der Waals surface area contributed by atoms with Crippen molar-refractivity contribution in [1.29, 1.82) is 0 Å². The van der Waals surface area contributed by atoms with E-state index in [0.29, 0.717) is 0 Å². The van der Waals surface area contributed by atoms with Crippen molar-refractivity contribution in [3.05, 3.63) is 0 Å². The van der Waals surface area contributed by atoms with Gasteiger partial charge in [-0.25, -0.2) is 15.0 Å². The van der Waals surface area contributed by atoms with Crippen LogP contribution < -0.4 is 11.1 Å². The largest absolute Gasteiger partial charge is 0.370 e. The Kier molecular flexibility index (Phi) is 1.37. The van der Waals surface area contributed by atoms with Gasteiger partial charge in [-0.05, 0) is 11.6 Å². The van der Waals surface area contributed by atoms with E-state index in [4.69, 9.17) is 17.3 Å². The molecular formula is C5H4ClN5O. The van der Waals surface area contributed by atoms with Crippen LogP contribution in [0.25, 0.3) is 0 Å². The van der Waals surface area contributed by atoms with Gasteiger partial charge in [0.1, 0.15) is 0 Å². The fourth-order valence-electron chi connectivity index (χ4n) is 0.950. The van der Waals surface area contributed by atoms with Crippen LogP contribution >= 0.6 is 11.6 Å². The minimum Gasteiger partial charge on any atom is -0.370 e. The van der Waals surface area contributed by atoms with Gasteiger partial charge in [-0.15, -0.1) is 0 Å². The Balaban J connectivity index is 2.43. The molecule has 3 N–H and O–H groups in total. The first-order valence-corrected chi connectivity index (χ1v) is 3.51. The summed E-state index contributed by atoms with van der Waals surface area (Å²) in [5.41, 5.74) is 5.47. The molecule has 6 nitrogen and oxygen atoms in total. The fourth-order valence-corrected chi connectivity index (χ4v) is 1.13. The number of nitrogens with zero attached hydrogens (tertiary/aromatic N) is 3. The minimum absolute atomic E-state index is 0.0311. The molecule has 2 aliphatic heterocycles. The number of rotatable bonds is 0. The zero-order chi connectivity index (χ0) is 8.72. The summed E-state index contributed by atoms with van der Waals surface area (Å²) in [6.45, 7) is 0. The van der Waals surface area contributed by atoms with E-state index >= 15 is 0 Å². The van der Waals surface area contributed by atoms with Crippen LogP contribution in [0.1, 0.15) is 0 Å². The number of nitrogens with one attached hydrogen (secondary N) is 1. The molecule has 0 aromatic rings. The number of guanidine groups is 1. The zero-order valence-electron chi connectivity index (χ0n) is 5.78. The van der Waals surface area contributed by atoms with E-state index in [1.54, 1.807) is 0 Å². The Morgan fingerprint density at radius 3 is 3.00 bits per heavy atom. The van der Waals surface area contributed by atoms with Crippen LogP contribution in [0.15, 0.2) is 15.0 Å². The van der Waals surface area contributed by atoms with Crippen molar-refractivity contribution in [3.63, 3.8) is 0 Å². The normalized spacial score (nSPS) is 26.9. The third-order valence-electron chi connectivity index (χ3n) is 1.42. The van der Waals surface area contributed by atoms with Gasteiger partial charge in [0.15, 0.2) is 17.8 Å². The summed E-state index contributed by atoms with van der Waals surface area (Å²) in [4.78, 5) is 22.3. The Labute approximate surface area is 72.2 Å². The average Bonchev–Trinajstić information content (AvgIpc) is 2.29. The van der Waals surface area contributed by atoms with Crippen LogP contribution in [0.4, 0.5) is 0 Å². The Morgan fingerprint density at radius 1 is 1.50 bits per heavy atom. The maximum absolute atomic E-state index is 11.1. The first kappa shape index (κ1) is 7.23. The van der Waals surface area contributed by atoms with Crippen molar-refractivity contribution in [1.82, 2.24) is 5.32 Å². The Morgan fingerprint density at radius 2 is 2.25 bits per heavy atom. The van der Waals surface area contributed by atoms with E-state index in [1.807, 2.05) is 0 Å². The second-order valence-electron chi connectivity index (χ2n) is 2.24. The van der Waals surface area contributed by atoms with Crippen LogP contribution in [0.5, 0.6) is 0 Å². The van der Waals surface area contributed by atoms with E-state index in [2.05, 4.69) is 20.3 Å². The van der Waals surface area contributed by atoms with Crippen molar-refractivity contribution >= 4 is 34.5 Å². The van der Waals surface area contributed by atoms with Gasteiger partial charge in [0.05, 0.1) is 0 Å². The molecule has 0 saturated carbocycles. The van der Waals surface area contributed by atoms with E-state index < -0.39 is 12.1 Å². The van der Waals surface area contributed by atoms with Crippen LogP contribution in [-0.2, 0) is 4.79 Å². The minimum atomic E-state index is -0.647. The highest BCUT2D eigenvalue weighted by molar-refractivity contribution is 6.68. The number of hydrogen-bond donors (Lipinski definition) is 2. The lowest BCUT2D eigenvalue weighted by atomic mass is 10.2. The number of halogens is 1. The Hall–Kier alpha value is -1.43. The third-order valence-corrected chi connectivity index (χ3v) is 1.60. The molecule has 0 saturated heterocycles. The number of carbonyl (C=O) groups excluding carboxylic acids is 1. The number of fused-ring (bicyclic) bond motifs is 1. The topological polar surface area (TPSA) is 92.2 Å². The molecule has 2 rings (SSSR count). The molecule has 0 spiro atoms. The molecular weight excluding hydrogens is 182 g/mol. The van der Waals surface area contributed by atoms with Crippen molar-refractivity contribution in [3.8, 4) is 0 Å². The number of hydrogen-bond acceptors (Lipinski definition) is 5. The molecule has 0 aromatic heterocycles. The molecule has 0 bridgehead atoms. The SMILES string of the molecule is NC1=NC2N=C(Cl)N=C2C(=O)N1. The molecule has 0 aliphatic carbocycles. The highest BCUT2D eigenvalue weighted by Gasteiger charge is 2.31. The third kappa shape index (κ3) is 0.964. The lowest BCUT2D eigenvalue weighted by Crippen LogP contribution is -2.48. The van der Waals surface area contributed by atoms with Gasteiger partial charge >= 0.3 is 0 Å². The van der Waals surface area contributed by atoms with Crippen LogP contribution in [0, 0.1) is 0 Å². The lowest BCUT2D eigenvalue weighted by molar-refractivity contribution is -0.113. The van der Waals surface area contributed by atoms with Gasteiger partial charge < -0.3 is 5.73 Å². The van der Waals surface area contributed by atoms with Gasteiger partial charge in [-0.2, -0.15) is 0 Å². The van der Waals surface area contributed by atoms with Crippen LogP contribution in [-0.4, -0.2) is 29.0 Å². The summed E-state index contributed by atoms with van der Waals surface area (Å²) in [6.07, 6.45) is -0.647. The highest BCUT2D eigenvalue weighted by Crippen LogP contribution is 2.12. The molecule has 0 aromatic carbocycles. The summed E-state index contributed by atoms with van der Waals surface area (Å²) in [5.74, 6) is -0.356. The van der Waals surface area contributed by atoms with Crippen molar-refractivity contribution in [2.45, 2.75) is 6.17 Å². The number of aliphatic imine (C=N–C) groups is 3. The number of amides is 1. The van der Waals surface area contributed by atoms with Crippen LogP contribution in [0.2, 0.25) is 0 Å². The van der Waals surface area contributed by atoms with Gasteiger partial charge in [-0.3, -0.25) is 10.1 Å². The molecule has 1 unspecified atom stereocenters. The van der Waals surface area contributed by atoms with Gasteiger partial charge in [-0.1, -0.05) is 0 Å². The van der Waals surface area contributed by atoms with Gasteiger partial charge in [0, 0.05) is 0 Å². The van der Waals surface area contributed by atoms with Gasteiger partial charge in [0.25, 0.3) is 5.91 Å². The first-order chi connectivity index (χ1) is 5.66. The van der Waals surface area contributed by atoms with E-state index in [1.165, 1.54) is 0 Å². The maximum Gasteiger partial charge on any atom is 0.276 e. The second-order valence-corrected chi connectivity index (χ2v) is 2.58. The first-order valence-electron chi connectivity index (χ1n) is 3.13. The van der Waals surface area contributed by atoms with Crippen molar-refractivity contribution < 1.29 is 4.79 Å². The number of nitrogens with two attached hydrogens (primary N) is 1. The van der Waals surface area contributed by atoms with Crippen molar-refractivity contribution in [2.24, 2.45) is 20.7 Å². The molecule has 1 amide bonds. The lowest BCUT2D eigenvalue weighted by Gasteiger charge is -2.13. The van der Waals surface area contributed by atoms with Crippen molar-refractivity contribution in [2.75, 3.05) is 0 Å². The molecule has 12 heavy (non-hydrogen) atoms. The smallest absolute Gasteiger partial charge is 0.276 e. The molecule has 7 heteroatoms. The van der Waals surface area contributed by atoms with Gasteiger partial charge in [0.2, 0.25) is 5.29 Å². The summed E-state index contributed by atoms with van der Waals surface area (Å²) < 4.78 is 0. The van der Waals surface area contributed by atoms with Crippen LogP contribution in [0.3, 0.4) is 0 Å². The highest BCUT2D eigenvalue weighted by atomic mass is 35.5. The van der Waals surface area contributed by atoms with E-state index in [-0.39, 0.29) is 17.0 Å². The van der Waals surface area contributed by atoms with E-state index in [9.17, 15) is 4.79 Å².